The van der Waals surface area contributed by atoms with Crippen molar-refractivity contribution < 1.29 is 43.2 Å². The number of rotatable bonds is 8. The van der Waals surface area contributed by atoms with Gasteiger partial charge < -0.3 is 28.8 Å². The number of hydrogen-bond acceptors (Lipinski definition) is 9. The number of halogens is 2. The molecular weight excluding hydrogens is 690 g/mol. The van der Waals surface area contributed by atoms with E-state index < -0.39 is 49.1 Å². The SMILES string of the molecule is CC(=O)O[C@@H]1[C@@H](C)[C@H](Oc2cn(C(C)=O)c3cc(Br)c(OCC4[C@H]5CCC#CCC[C@@H]45)c(Br)c23)O[C@H](CO)[C@H]1OC(C)=O. The maximum absolute atomic E-state index is 12.6. The molecule has 2 heterocycles. The zero-order chi connectivity index (χ0) is 31.0. The molecule has 1 aromatic carbocycles. The highest BCUT2D eigenvalue weighted by atomic mass is 79.9. The molecule has 0 radical (unpaired) electrons. The molecule has 1 saturated carbocycles. The Morgan fingerprint density at radius 3 is 2.26 bits per heavy atom. The molecule has 232 valence electrons. The van der Waals surface area contributed by atoms with E-state index in [0.29, 0.717) is 55.7 Å². The minimum Gasteiger partial charge on any atom is -0.491 e. The number of fused-ring (bicyclic) bond motifs is 2. The minimum absolute atomic E-state index is 0.234. The second-order valence-electron chi connectivity index (χ2n) is 11.4. The van der Waals surface area contributed by atoms with Crippen molar-refractivity contribution >= 4 is 60.6 Å². The number of aliphatic hydroxyl groups excluding tert-OH is 1. The molecule has 0 spiro atoms. The third kappa shape index (κ3) is 6.60. The maximum atomic E-state index is 12.6. The maximum Gasteiger partial charge on any atom is 0.303 e. The summed E-state index contributed by atoms with van der Waals surface area (Å²) < 4.78 is 32.5. The van der Waals surface area contributed by atoms with Crippen molar-refractivity contribution in [1.29, 1.82) is 0 Å². The van der Waals surface area contributed by atoms with Gasteiger partial charge in [-0.15, -0.1) is 11.8 Å². The van der Waals surface area contributed by atoms with Crippen molar-refractivity contribution in [2.45, 2.75) is 78.0 Å². The van der Waals surface area contributed by atoms with Gasteiger partial charge in [-0.2, -0.15) is 0 Å². The van der Waals surface area contributed by atoms with Crippen molar-refractivity contribution in [3.05, 3.63) is 21.2 Å². The Bertz CT molecular complexity index is 1460. The third-order valence-electron chi connectivity index (χ3n) is 8.48. The van der Waals surface area contributed by atoms with Gasteiger partial charge in [0.05, 0.1) is 45.2 Å². The molecule has 0 amide bonds. The molecule has 1 saturated heterocycles. The summed E-state index contributed by atoms with van der Waals surface area (Å²) in [6.07, 6.45) is 1.58. The number of carbonyl (C=O) groups excluding carboxylic acids is 3. The van der Waals surface area contributed by atoms with Gasteiger partial charge in [-0.1, -0.05) is 6.92 Å². The van der Waals surface area contributed by atoms with Gasteiger partial charge in [-0.3, -0.25) is 19.0 Å². The van der Waals surface area contributed by atoms with Gasteiger partial charge in [-0.05, 0) is 68.5 Å². The Balaban J connectivity index is 1.45. The Morgan fingerprint density at radius 2 is 1.67 bits per heavy atom. The highest BCUT2D eigenvalue weighted by molar-refractivity contribution is 9.11. The topological polar surface area (TPSA) is 123 Å². The van der Waals surface area contributed by atoms with Crippen molar-refractivity contribution in [3.8, 4) is 23.3 Å². The number of ether oxygens (including phenoxy) is 5. The van der Waals surface area contributed by atoms with Crippen LogP contribution in [0.25, 0.3) is 10.9 Å². The fourth-order valence-electron chi connectivity index (χ4n) is 6.36. The number of esters is 2. The smallest absolute Gasteiger partial charge is 0.303 e. The van der Waals surface area contributed by atoms with Gasteiger partial charge in [0.1, 0.15) is 23.7 Å². The lowest BCUT2D eigenvalue weighted by atomic mass is 9.92. The van der Waals surface area contributed by atoms with Crippen LogP contribution in [0.3, 0.4) is 0 Å². The van der Waals surface area contributed by atoms with E-state index in [4.69, 9.17) is 23.7 Å². The van der Waals surface area contributed by atoms with E-state index in [-0.39, 0.29) is 5.91 Å². The molecule has 5 rings (SSSR count). The number of hydrogen-bond donors (Lipinski definition) is 1. The average Bonchev–Trinajstić information content (AvgIpc) is 3.41. The summed E-state index contributed by atoms with van der Waals surface area (Å²) in [7, 11) is 0. The van der Waals surface area contributed by atoms with E-state index >= 15 is 0 Å². The molecule has 2 aliphatic carbocycles. The molecule has 1 N–H and O–H groups in total. The first-order valence-corrected chi connectivity index (χ1v) is 16.0. The summed E-state index contributed by atoms with van der Waals surface area (Å²) in [5, 5.41) is 10.7. The summed E-state index contributed by atoms with van der Waals surface area (Å²) in [6, 6.07) is 1.81. The first kappa shape index (κ1) is 31.8. The van der Waals surface area contributed by atoms with Crippen molar-refractivity contribution in [3.63, 3.8) is 0 Å². The van der Waals surface area contributed by atoms with Crippen LogP contribution in [0.15, 0.2) is 21.2 Å². The largest absolute Gasteiger partial charge is 0.491 e. The third-order valence-corrected chi connectivity index (χ3v) is 9.83. The van der Waals surface area contributed by atoms with Gasteiger partial charge >= 0.3 is 11.9 Å². The number of aliphatic hydroxyl groups is 1. The van der Waals surface area contributed by atoms with Crippen LogP contribution in [0.2, 0.25) is 0 Å². The molecule has 10 nitrogen and oxygen atoms in total. The van der Waals surface area contributed by atoms with Crippen molar-refractivity contribution in [1.82, 2.24) is 4.57 Å². The zero-order valence-electron chi connectivity index (χ0n) is 24.4. The molecule has 2 fully saturated rings. The monoisotopic (exact) mass is 723 g/mol. The predicted octanol–water partition coefficient (Wildman–Crippen LogP) is 5.24. The number of nitrogens with zero attached hydrogens (tertiary/aromatic N) is 1. The number of benzene rings is 1. The molecule has 2 aromatic rings. The molecule has 1 unspecified atom stereocenters. The van der Waals surface area contributed by atoms with Crippen LogP contribution in [0.4, 0.5) is 0 Å². The molecule has 43 heavy (non-hydrogen) atoms. The normalized spacial score (nSPS) is 29.7. The lowest BCUT2D eigenvalue weighted by molar-refractivity contribution is -0.266. The fraction of sp³-hybridized carbons (Fsp3) is 0.581. The predicted molar refractivity (Wildman–Crippen MR) is 162 cm³/mol. The van der Waals surface area contributed by atoms with Gasteiger partial charge in [0.15, 0.2) is 6.10 Å². The second-order valence-corrected chi connectivity index (χ2v) is 13.0. The second kappa shape index (κ2) is 13.2. The summed E-state index contributed by atoms with van der Waals surface area (Å²) >= 11 is 7.35. The molecular formula is C31H35Br2NO9. The van der Waals surface area contributed by atoms with Crippen LogP contribution in [-0.2, 0) is 23.8 Å². The lowest BCUT2D eigenvalue weighted by Gasteiger charge is -2.43. The minimum atomic E-state index is -1.03. The Kier molecular flexibility index (Phi) is 9.76. The number of carbonyl (C=O) groups is 3. The first-order valence-electron chi connectivity index (χ1n) is 14.4. The Morgan fingerprint density at radius 1 is 1.05 bits per heavy atom. The van der Waals surface area contributed by atoms with Crippen LogP contribution in [0.1, 0.15) is 58.2 Å². The summed E-state index contributed by atoms with van der Waals surface area (Å²) in [5.41, 5.74) is 0.579. The van der Waals surface area contributed by atoms with Crippen molar-refractivity contribution in [2.24, 2.45) is 23.7 Å². The van der Waals surface area contributed by atoms with Crippen LogP contribution < -0.4 is 9.47 Å². The van der Waals surface area contributed by atoms with Gasteiger partial charge in [0.2, 0.25) is 12.2 Å². The highest BCUT2D eigenvalue weighted by Crippen LogP contribution is 2.53. The van der Waals surface area contributed by atoms with E-state index in [0.717, 1.165) is 25.7 Å². The van der Waals surface area contributed by atoms with Crippen LogP contribution in [0, 0.1) is 35.5 Å². The fourth-order valence-corrected chi connectivity index (χ4v) is 7.88. The van der Waals surface area contributed by atoms with E-state index in [9.17, 15) is 19.5 Å². The quantitative estimate of drug-likeness (QED) is 0.288. The average molecular weight is 725 g/mol. The summed E-state index contributed by atoms with van der Waals surface area (Å²) in [4.78, 5) is 36.4. The lowest BCUT2D eigenvalue weighted by Crippen LogP contribution is -2.58. The molecule has 8 atom stereocenters. The van der Waals surface area contributed by atoms with E-state index in [1.165, 1.54) is 25.3 Å². The Hall–Kier alpha value is -2.59. The standard InChI is InChI=1S/C31H35Br2NO9/c1-15-28(40-17(3)37)30(41-18(4)38)25(13-35)43-31(15)42-24-12-34(16(2)36)23-11-22(32)29(27(33)26(23)24)39-14-21-19-9-7-5-6-8-10-20(19)21/h11-12,15,19-21,25,28,30-31,35H,7-10,13-14H2,1-4H3/t15-,19-,20+,21?,25-,28-,30-,31-/m1/s1. The van der Waals surface area contributed by atoms with Crippen molar-refractivity contribution in [2.75, 3.05) is 13.2 Å². The highest BCUT2D eigenvalue weighted by Gasteiger charge is 2.50. The summed E-state index contributed by atoms with van der Waals surface area (Å²) in [6.45, 7) is 5.71. The molecule has 12 heteroatoms. The van der Waals surface area contributed by atoms with Gasteiger partial charge in [0.25, 0.3) is 0 Å². The molecule has 1 aromatic heterocycles. The van der Waals surface area contributed by atoms with Crippen LogP contribution >= 0.6 is 31.9 Å². The summed E-state index contributed by atoms with van der Waals surface area (Å²) in [5.74, 6) is 7.06. The van der Waals surface area contributed by atoms with Gasteiger partial charge in [0, 0.05) is 33.6 Å². The van der Waals surface area contributed by atoms with Crippen LogP contribution in [0.5, 0.6) is 11.5 Å². The van der Waals surface area contributed by atoms with E-state index in [2.05, 4.69) is 43.7 Å². The Labute approximate surface area is 266 Å². The molecule has 0 bridgehead atoms. The molecule has 3 aliphatic rings. The van der Waals surface area contributed by atoms with E-state index in [1.54, 1.807) is 13.1 Å². The van der Waals surface area contributed by atoms with E-state index in [1.807, 2.05) is 6.07 Å². The number of aromatic nitrogens is 1. The van der Waals surface area contributed by atoms with Gasteiger partial charge in [-0.25, -0.2) is 0 Å². The first-order chi connectivity index (χ1) is 20.5. The molecule has 1 aliphatic heterocycles. The zero-order valence-corrected chi connectivity index (χ0v) is 27.6. The van der Waals surface area contributed by atoms with Crippen LogP contribution in [-0.4, -0.2) is 65.3 Å².